The maximum Gasteiger partial charge on any atom is 0.133 e. The summed E-state index contributed by atoms with van der Waals surface area (Å²) in [5, 5.41) is 3.55. The van der Waals surface area contributed by atoms with Crippen molar-refractivity contribution >= 4 is 5.82 Å². The van der Waals surface area contributed by atoms with E-state index in [2.05, 4.69) is 44.5 Å². The van der Waals surface area contributed by atoms with Crippen LogP contribution >= 0.6 is 0 Å². The number of anilines is 1. The molecule has 0 amide bonds. The van der Waals surface area contributed by atoms with Gasteiger partial charge in [-0.1, -0.05) is 24.3 Å². The number of hydrogen-bond acceptors (Lipinski definition) is 5. The van der Waals surface area contributed by atoms with Crippen LogP contribution in [0.15, 0.2) is 30.6 Å². The Hall–Kier alpha value is -1.98. The number of aromatic nitrogens is 2. The lowest BCUT2D eigenvalue weighted by Gasteiger charge is -2.26. The van der Waals surface area contributed by atoms with Crippen LogP contribution in [0.2, 0.25) is 0 Å². The van der Waals surface area contributed by atoms with Crippen LogP contribution in [-0.4, -0.2) is 54.3 Å². The van der Waals surface area contributed by atoms with E-state index in [0.29, 0.717) is 0 Å². The summed E-state index contributed by atoms with van der Waals surface area (Å²) in [5.41, 5.74) is 5.04. The fourth-order valence-corrected chi connectivity index (χ4v) is 3.62. The summed E-state index contributed by atoms with van der Waals surface area (Å²) in [7, 11) is 0. The molecule has 1 aliphatic carbocycles. The lowest BCUT2D eigenvalue weighted by molar-refractivity contribution is 0.0398. The van der Waals surface area contributed by atoms with Gasteiger partial charge in [0.1, 0.15) is 12.1 Å². The molecule has 0 atom stereocenters. The van der Waals surface area contributed by atoms with Gasteiger partial charge in [0.25, 0.3) is 0 Å². The molecule has 1 N–H and O–H groups in total. The monoisotopic (exact) mass is 324 g/mol. The molecule has 24 heavy (non-hydrogen) atoms. The molecule has 2 aliphatic rings. The van der Waals surface area contributed by atoms with Gasteiger partial charge in [0, 0.05) is 37.3 Å². The first kappa shape index (κ1) is 15.5. The van der Waals surface area contributed by atoms with Crippen molar-refractivity contribution < 1.29 is 4.74 Å². The van der Waals surface area contributed by atoms with Gasteiger partial charge in [0.2, 0.25) is 0 Å². The van der Waals surface area contributed by atoms with Crippen LogP contribution in [0.4, 0.5) is 5.82 Å². The molecule has 1 aliphatic heterocycles. The van der Waals surface area contributed by atoms with Crippen molar-refractivity contribution in [2.24, 2.45) is 0 Å². The molecular formula is C19H24N4O. The third kappa shape index (κ3) is 3.28. The molecule has 0 bridgehead atoms. The van der Waals surface area contributed by atoms with E-state index >= 15 is 0 Å². The third-order valence-corrected chi connectivity index (χ3v) is 4.91. The van der Waals surface area contributed by atoms with E-state index in [1.165, 1.54) is 16.7 Å². The molecule has 5 heteroatoms. The van der Waals surface area contributed by atoms with E-state index in [4.69, 9.17) is 4.74 Å². The number of hydrogen-bond donors (Lipinski definition) is 1. The van der Waals surface area contributed by atoms with Gasteiger partial charge in [-0.15, -0.1) is 0 Å². The fraction of sp³-hybridized carbons (Fsp3) is 0.474. The van der Waals surface area contributed by atoms with Crippen LogP contribution in [0.1, 0.15) is 17.5 Å². The molecule has 1 aromatic heterocycles. The zero-order chi connectivity index (χ0) is 16.2. The second-order valence-corrected chi connectivity index (χ2v) is 6.44. The first-order chi connectivity index (χ1) is 11.9. The molecule has 4 rings (SSSR count). The zero-order valence-electron chi connectivity index (χ0n) is 14.0. The molecule has 2 heterocycles. The number of ether oxygens (including phenoxy) is 1. The molecule has 0 radical (unpaired) electrons. The van der Waals surface area contributed by atoms with Crippen molar-refractivity contribution in [2.45, 2.75) is 19.3 Å². The van der Waals surface area contributed by atoms with Gasteiger partial charge >= 0.3 is 0 Å². The minimum atomic E-state index is 0.847. The molecule has 5 nitrogen and oxygen atoms in total. The highest BCUT2D eigenvalue weighted by molar-refractivity contribution is 5.72. The lowest BCUT2D eigenvalue weighted by atomic mass is 10.0. The molecule has 2 aromatic rings. The minimum Gasteiger partial charge on any atom is -0.379 e. The molecule has 0 spiro atoms. The average Bonchev–Trinajstić information content (AvgIpc) is 2.83. The Morgan fingerprint density at radius 1 is 1.08 bits per heavy atom. The van der Waals surface area contributed by atoms with E-state index in [9.17, 15) is 0 Å². The summed E-state index contributed by atoms with van der Waals surface area (Å²) in [6, 6.07) is 8.62. The summed E-state index contributed by atoms with van der Waals surface area (Å²) in [4.78, 5) is 11.6. The normalized spacial score (nSPS) is 17.7. The van der Waals surface area contributed by atoms with Crippen molar-refractivity contribution in [3.05, 3.63) is 41.7 Å². The lowest BCUT2D eigenvalue weighted by Crippen LogP contribution is -2.39. The second-order valence-electron chi connectivity index (χ2n) is 6.44. The maximum absolute atomic E-state index is 5.40. The van der Waals surface area contributed by atoms with Crippen LogP contribution in [0.3, 0.4) is 0 Å². The van der Waals surface area contributed by atoms with Crippen molar-refractivity contribution in [2.75, 3.05) is 44.7 Å². The SMILES string of the molecule is c1ccc2c(c1)CCCc1c(NCCN3CCOCC3)ncnc1-2. The number of fused-ring (bicyclic) bond motifs is 3. The van der Waals surface area contributed by atoms with Crippen LogP contribution in [0.25, 0.3) is 11.3 Å². The number of nitrogens with one attached hydrogen (secondary N) is 1. The van der Waals surface area contributed by atoms with Crippen LogP contribution in [0, 0.1) is 0 Å². The Labute approximate surface area is 143 Å². The summed E-state index contributed by atoms with van der Waals surface area (Å²) in [5.74, 6) is 1.00. The Morgan fingerprint density at radius 2 is 1.96 bits per heavy atom. The standard InChI is InChI=1S/C19H24N4O/c1-2-6-16-15(4-1)5-3-7-17-18(16)21-14-22-19(17)20-8-9-23-10-12-24-13-11-23/h1-2,4,6,14H,3,5,7-13H2,(H,20,21,22). The van der Waals surface area contributed by atoms with Gasteiger partial charge in [0.05, 0.1) is 18.9 Å². The van der Waals surface area contributed by atoms with E-state index in [1.807, 2.05) is 0 Å². The van der Waals surface area contributed by atoms with Gasteiger partial charge in [-0.25, -0.2) is 9.97 Å². The smallest absolute Gasteiger partial charge is 0.133 e. The Bertz CT molecular complexity index is 698. The summed E-state index contributed by atoms with van der Waals surface area (Å²) >= 11 is 0. The highest BCUT2D eigenvalue weighted by Crippen LogP contribution is 2.33. The molecule has 0 unspecified atom stereocenters. The van der Waals surface area contributed by atoms with E-state index < -0.39 is 0 Å². The number of morpholine rings is 1. The first-order valence-corrected chi connectivity index (χ1v) is 8.88. The highest BCUT2D eigenvalue weighted by Gasteiger charge is 2.19. The summed E-state index contributed by atoms with van der Waals surface area (Å²) in [6.07, 6.45) is 4.98. The van der Waals surface area contributed by atoms with E-state index in [-0.39, 0.29) is 0 Å². The largest absolute Gasteiger partial charge is 0.379 e. The second kappa shape index (κ2) is 7.28. The molecule has 1 aromatic carbocycles. The zero-order valence-corrected chi connectivity index (χ0v) is 14.0. The average molecular weight is 324 g/mol. The number of rotatable bonds is 4. The van der Waals surface area contributed by atoms with Gasteiger partial charge < -0.3 is 10.1 Å². The van der Waals surface area contributed by atoms with Crippen LogP contribution in [-0.2, 0) is 17.6 Å². The van der Waals surface area contributed by atoms with Gasteiger partial charge in [-0.3, -0.25) is 4.90 Å². The number of aryl methyl sites for hydroxylation is 1. The Balaban J connectivity index is 1.51. The summed E-state index contributed by atoms with van der Waals surface area (Å²) in [6.45, 7) is 5.68. The summed E-state index contributed by atoms with van der Waals surface area (Å²) < 4.78 is 5.40. The molecule has 1 fully saturated rings. The highest BCUT2D eigenvalue weighted by atomic mass is 16.5. The van der Waals surface area contributed by atoms with Crippen molar-refractivity contribution in [3.63, 3.8) is 0 Å². The van der Waals surface area contributed by atoms with Crippen molar-refractivity contribution in [1.29, 1.82) is 0 Å². The predicted molar refractivity (Wildman–Crippen MR) is 95.2 cm³/mol. The number of nitrogens with zero attached hydrogens (tertiary/aromatic N) is 3. The molecule has 126 valence electrons. The third-order valence-electron chi connectivity index (χ3n) is 4.91. The Kier molecular flexibility index (Phi) is 4.71. The Morgan fingerprint density at radius 3 is 2.88 bits per heavy atom. The fourth-order valence-electron chi connectivity index (χ4n) is 3.62. The molecule has 0 saturated carbocycles. The van der Waals surface area contributed by atoms with Crippen molar-refractivity contribution in [3.8, 4) is 11.3 Å². The predicted octanol–water partition coefficient (Wildman–Crippen LogP) is 2.38. The quantitative estimate of drug-likeness (QED) is 0.936. The van der Waals surface area contributed by atoms with E-state index in [1.54, 1.807) is 6.33 Å². The first-order valence-electron chi connectivity index (χ1n) is 8.88. The van der Waals surface area contributed by atoms with Gasteiger partial charge in [-0.2, -0.15) is 0 Å². The van der Waals surface area contributed by atoms with Gasteiger partial charge in [-0.05, 0) is 24.8 Å². The van der Waals surface area contributed by atoms with Gasteiger partial charge in [0.15, 0.2) is 0 Å². The van der Waals surface area contributed by atoms with Crippen LogP contribution < -0.4 is 5.32 Å². The molecular weight excluding hydrogens is 300 g/mol. The molecule has 1 saturated heterocycles. The maximum atomic E-state index is 5.40. The van der Waals surface area contributed by atoms with E-state index in [0.717, 1.165) is 70.2 Å². The number of benzene rings is 1. The topological polar surface area (TPSA) is 50.3 Å². The minimum absolute atomic E-state index is 0.847. The van der Waals surface area contributed by atoms with Crippen LogP contribution in [0.5, 0.6) is 0 Å². The van der Waals surface area contributed by atoms with Crippen molar-refractivity contribution in [1.82, 2.24) is 14.9 Å².